The summed E-state index contributed by atoms with van der Waals surface area (Å²) >= 11 is 0. The van der Waals surface area contributed by atoms with Crippen LogP contribution in [0.25, 0.3) is 0 Å². The van der Waals surface area contributed by atoms with Crippen LogP contribution in [-0.4, -0.2) is 23.1 Å². The van der Waals surface area contributed by atoms with Gasteiger partial charge in [-0.3, -0.25) is 0 Å². The van der Waals surface area contributed by atoms with Gasteiger partial charge in [0.1, 0.15) is 6.10 Å². The molecule has 0 radical (unpaired) electrons. The minimum absolute atomic E-state index is 0.0200. The van der Waals surface area contributed by atoms with E-state index in [2.05, 4.69) is 29.1 Å². The summed E-state index contributed by atoms with van der Waals surface area (Å²) in [6.45, 7) is 8.58. The Morgan fingerprint density at radius 1 is 1.38 bits per heavy atom. The molecule has 0 aliphatic rings. The normalized spacial score (nSPS) is 12.7. The summed E-state index contributed by atoms with van der Waals surface area (Å²) in [7, 11) is 0. The summed E-state index contributed by atoms with van der Waals surface area (Å²) < 4.78 is 5.59. The zero-order valence-corrected chi connectivity index (χ0v) is 10.4. The number of nitrogens with zero attached hydrogens (tertiary/aromatic N) is 2. The van der Waals surface area contributed by atoms with Crippen LogP contribution in [0.4, 0.5) is 0 Å². The standard InChI is InChI=1S/C12H21N3O/c1-4-11(16-6-3)12-14-8-7-10(15-12)9-13-5-2/h7-8,11,13H,4-6,9H2,1-3H3. The van der Waals surface area contributed by atoms with Crippen LogP contribution in [0.3, 0.4) is 0 Å². The molecule has 0 aromatic carbocycles. The molecule has 16 heavy (non-hydrogen) atoms. The number of ether oxygens (including phenoxy) is 1. The summed E-state index contributed by atoms with van der Waals surface area (Å²) in [6.07, 6.45) is 2.72. The minimum Gasteiger partial charge on any atom is -0.371 e. The maximum Gasteiger partial charge on any atom is 0.157 e. The van der Waals surface area contributed by atoms with Gasteiger partial charge in [0.15, 0.2) is 5.82 Å². The van der Waals surface area contributed by atoms with Crippen molar-refractivity contribution in [2.45, 2.75) is 39.8 Å². The molecule has 0 fully saturated rings. The molecule has 1 aromatic rings. The zero-order chi connectivity index (χ0) is 11.8. The van der Waals surface area contributed by atoms with Crippen LogP contribution in [-0.2, 0) is 11.3 Å². The van der Waals surface area contributed by atoms with Gasteiger partial charge in [-0.25, -0.2) is 9.97 Å². The summed E-state index contributed by atoms with van der Waals surface area (Å²) in [5.41, 5.74) is 1.02. The highest BCUT2D eigenvalue weighted by molar-refractivity contribution is 5.04. The molecule has 1 rings (SSSR count). The largest absolute Gasteiger partial charge is 0.371 e. The fraction of sp³-hybridized carbons (Fsp3) is 0.667. The lowest BCUT2D eigenvalue weighted by Gasteiger charge is -2.14. The number of aromatic nitrogens is 2. The molecule has 90 valence electrons. The van der Waals surface area contributed by atoms with E-state index in [1.54, 1.807) is 6.20 Å². The van der Waals surface area contributed by atoms with Gasteiger partial charge < -0.3 is 10.1 Å². The molecule has 0 amide bonds. The van der Waals surface area contributed by atoms with E-state index in [1.165, 1.54) is 0 Å². The molecule has 1 aromatic heterocycles. The lowest BCUT2D eigenvalue weighted by Crippen LogP contribution is -2.15. The van der Waals surface area contributed by atoms with Crippen molar-refractivity contribution in [2.75, 3.05) is 13.2 Å². The first-order valence-corrected chi connectivity index (χ1v) is 5.95. The molecule has 0 bridgehead atoms. The van der Waals surface area contributed by atoms with Gasteiger partial charge >= 0.3 is 0 Å². The quantitative estimate of drug-likeness (QED) is 0.768. The van der Waals surface area contributed by atoms with E-state index in [9.17, 15) is 0 Å². The van der Waals surface area contributed by atoms with Crippen LogP contribution in [0.2, 0.25) is 0 Å². The van der Waals surface area contributed by atoms with E-state index in [1.807, 2.05) is 13.0 Å². The lowest BCUT2D eigenvalue weighted by atomic mass is 10.2. The first-order chi connectivity index (χ1) is 7.81. The van der Waals surface area contributed by atoms with Gasteiger partial charge in [-0.05, 0) is 26.0 Å². The number of hydrogen-bond donors (Lipinski definition) is 1. The van der Waals surface area contributed by atoms with Crippen molar-refractivity contribution >= 4 is 0 Å². The van der Waals surface area contributed by atoms with Crippen molar-refractivity contribution in [1.29, 1.82) is 0 Å². The summed E-state index contributed by atoms with van der Waals surface area (Å²) in [4.78, 5) is 8.77. The fourth-order valence-corrected chi connectivity index (χ4v) is 1.50. The van der Waals surface area contributed by atoms with Gasteiger partial charge in [0.05, 0.1) is 5.69 Å². The van der Waals surface area contributed by atoms with Crippen LogP contribution in [0.1, 0.15) is 44.8 Å². The van der Waals surface area contributed by atoms with Gasteiger partial charge in [0, 0.05) is 19.3 Å². The molecular weight excluding hydrogens is 202 g/mol. The average Bonchev–Trinajstić information content (AvgIpc) is 2.33. The smallest absolute Gasteiger partial charge is 0.157 e. The van der Waals surface area contributed by atoms with Crippen LogP contribution in [0, 0.1) is 0 Å². The predicted molar refractivity (Wildman–Crippen MR) is 64.1 cm³/mol. The topological polar surface area (TPSA) is 47.0 Å². The lowest BCUT2D eigenvalue weighted by molar-refractivity contribution is 0.0533. The molecule has 0 aliphatic heterocycles. The minimum atomic E-state index is 0.0200. The first-order valence-electron chi connectivity index (χ1n) is 5.95. The number of hydrogen-bond acceptors (Lipinski definition) is 4. The number of nitrogens with one attached hydrogen (secondary N) is 1. The van der Waals surface area contributed by atoms with Crippen LogP contribution in [0.5, 0.6) is 0 Å². The summed E-state index contributed by atoms with van der Waals surface area (Å²) in [6, 6.07) is 1.94. The maximum absolute atomic E-state index is 5.59. The van der Waals surface area contributed by atoms with Gasteiger partial charge in [0.25, 0.3) is 0 Å². The fourth-order valence-electron chi connectivity index (χ4n) is 1.50. The second-order valence-electron chi connectivity index (χ2n) is 3.54. The zero-order valence-electron chi connectivity index (χ0n) is 10.4. The van der Waals surface area contributed by atoms with Gasteiger partial charge in [-0.15, -0.1) is 0 Å². The summed E-state index contributed by atoms with van der Waals surface area (Å²) in [5, 5.41) is 3.25. The van der Waals surface area contributed by atoms with Gasteiger partial charge in [-0.1, -0.05) is 13.8 Å². The predicted octanol–water partition coefficient (Wildman–Crippen LogP) is 2.07. The molecular formula is C12H21N3O. The van der Waals surface area contributed by atoms with E-state index in [0.29, 0.717) is 6.61 Å². The third-order valence-corrected chi connectivity index (χ3v) is 2.31. The van der Waals surface area contributed by atoms with E-state index in [-0.39, 0.29) is 6.10 Å². The third kappa shape index (κ3) is 3.87. The second kappa shape index (κ2) is 7.30. The van der Waals surface area contributed by atoms with Crippen molar-refractivity contribution in [3.8, 4) is 0 Å². The molecule has 4 nitrogen and oxygen atoms in total. The highest BCUT2D eigenvalue weighted by Gasteiger charge is 2.12. The SMILES string of the molecule is CCNCc1ccnc(C(CC)OCC)n1. The molecule has 1 unspecified atom stereocenters. The molecule has 0 spiro atoms. The highest BCUT2D eigenvalue weighted by atomic mass is 16.5. The monoisotopic (exact) mass is 223 g/mol. The molecule has 1 atom stereocenters. The van der Waals surface area contributed by atoms with E-state index in [0.717, 1.165) is 31.0 Å². The van der Waals surface area contributed by atoms with Crippen molar-refractivity contribution in [2.24, 2.45) is 0 Å². The highest BCUT2D eigenvalue weighted by Crippen LogP contribution is 2.16. The number of rotatable bonds is 7. The van der Waals surface area contributed by atoms with Gasteiger partial charge in [0.2, 0.25) is 0 Å². The summed E-state index contributed by atoms with van der Waals surface area (Å²) in [5.74, 6) is 0.791. The molecule has 1 N–H and O–H groups in total. The first kappa shape index (κ1) is 13.1. The van der Waals surface area contributed by atoms with Crippen molar-refractivity contribution < 1.29 is 4.74 Å². The molecule has 1 heterocycles. The van der Waals surface area contributed by atoms with Gasteiger partial charge in [-0.2, -0.15) is 0 Å². The Kier molecular flexibility index (Phi) is 5.96. The van der Waals surface area contributed by atoms with Crippen LogP contribution < -0.4 is 5.32 Å². The van der Waals surface area contributed by atoms with E-state index in [4.69, 9.17) is 4.74 Å². The van der Waals surface area contributed by atoms with E-state index >= 15 is 0 Å². The van der Waals surface area contributed by atoms with Crippen molar-refractivity contribution in [3.63, 3.8) is 0 Å². The van der Waals surface area contributed by atoms with Crippen LogP contribution in [0.15, 0.2) is 12.3 Å². The molecule has 0 aliphatic carbocycles. The Labute approximate surface area is 97.5 Å². The average molecular weight is 223 g/mol. The van der Waals surface area contributed by atoms with Crippen molar-refractivity contribution in [1.82, 2.24) is 15.3 Å². The third-order valence-electron chi connectivity index (χ3n) is 2.31. The molecule has 0 saturated carbocycles. The Balaban J connectivity index is 2.71. The molecule has 0 saturated heterocycles. The maximum atomic E-state index is 5.59. The Morgan fingerprint density at radius 2 is 2.19 bits per heavy atom. The second-order valence-corrected chi connectivity index (χ2v) is 3.54. The van der Waals surface area contributed by atoms with Crippen molar-refractivity contribution in [3.05, 3.63) is 23.8 Å². The Bertz CT molecular complexity index is 304. The van der Waals surface area contributed by atoms with Crippen LogP contribution >= 0.6 is 0 Å². The van der Waals surface area contributed by atoms with E-state index < -0.39 is 0 Å². The Morgan fingerprint density at radius 3 is 2.81 bits per heavy atom. The Hall–Kier alpha value is -1.00. The molecule has 4 heteroatoms.